The van der Waals surface area contributed by atoms with E-state index in [1.54, 1.807) is 0 Å². The summed E-state index contributed by atoms with van der Waals surface area (Å²) >= 11 is 0. The van der Waals surface area contributed by atoms with Gasteiger partial charge >= 0.3 is 6.03 Å². The third-order valence-electron chi connectivity index (χ3n) is 5.35. The van der Waals surface area contributed by atoms with Crippen molar-refractivity contribution in [1.29, 1.82) is 0 Å². The van der Waals surface area contributed by atoms with Gasteiger partial charge in [0.1, 0.15) is 0 Å². The molecule has 0 spiro atoms. The highest BCUT2D eigenvalue weighted by Crippen LogP contribution is 2.20. The lowest BCUT2D eigenvalue weighted by atomic mass is 10.1. The molecule has 1 atom stereocenters. The molecular formula is C21H34N4O2. The van der Waals surface area contributed by atoms with Gasteiger partial charge in [0, 0.05) is 58.0 Å². The molecule has 2 heterocycles. The molecule has 0 unspecified atom stereocenters. The van der Waals surface area contributed by atoms with E-state index in [0.29, 0.717) is 12.5 Å². The number of carbonyl (C=O) groups excluding carboxylic acids is 1. The summed E-state index contributed by atoms with van der Waals surface area (Å²) in [5.41, 5.74) is 2.56. The smallest absolute Gasteiger partial charge is 0.317 e. The van der Waals surface area contributed by atoms with Crippen molar-refractivity contribution in [3.63, 3.8) is 0 Å². The van der Waals surface area contributed by atoms with E-state index in [-0.39, 0.29) is 12.1 Å². The number of amides is 2. The van der Waals surface area contributed by atoms with Crippen molar-refractivity contribution in [1.82, 2.24) is 15.1 Å². The lowest BCUT2D eigenvalue weighted by Crippen LogP contribution is -2.54. The standard InChI is InChI=1S/C21H34N4O2/c1-17(2)15-23-12-13-27-19(16-23)14-22-21(26)25-10-8-24(9-11-25)20-7-5-4-6-18(20)3/h4-7,17,19H,8-16H2,1-3H3,(H,22,26)/t19-/m1/s1. The third-order valence-corrected chi connectivity index (χ3v) is 5.35. The van der Waals surface area contributed by atoms with E-state index in [4.69, 9.17) is 4.74 Å². The third kappa shape index (κ3) is 5.59. The number of nitrogens with one attached hydrogen (secondary N) is 1. The van der Waals surface area contributed by atoms with Crippen LogP contribution in [0.15, 0.2) is 24.3 Å². The Balaban J connectivity index is 1.41. The molecule has 0 saturated carbocycles. The number of nitrogens with zero attached hydrogens (tertiary/aromatic N) is 3. The fourth-order valence-electron chi connectivity index (χ4n) is 3.97. The van der Waals surface area contributed by atoms with Crippen LogP contribution in [-0.2, 0) is 4.74 Å². The molecule has 2 aliphatic heterocycles. The number of benzene rings is 1. The molecule has 0 radical (unpaired) electrons. The molecule has 0 aromatic heterocycles. The molecule has 150 valence electrons. The Kier molecular flexibility index (Phi) is 6.96. The summed E-state index contributed by atoms with van der Waals surface area (Å²) in [5, 5.41) is 3.08. The fraction of sp³-hybridized carbons (Fsp3) is 0.667. The summed E-state index contributed by atoms with van der Waals surface area (Å²) in [6, 6.07) is 8.48. The van der Waals surface area contributed by atoms with Gasteiger partial charge in [0.05, 0.1) is 12.7 Å². The zero-order valence-corrected chi connectivity index (χ0v) is 17.0. The predicted molar refractivity (Wildman–Crippen MR) is 109 cm³/mol. The van der Waals surface area contributed by atoms with Crippen molar-refractivity contribution >= 4 is 11.7 Å². The molecule has 1 aromatic carbocycles. The number of hydrogen-bond acceptors (Lipinski definition) is 4. The summed E-state index contributed by atoms with van der Waals surface area (Å²) < 4.78 is 5.83. The van der Waals surface area contributed by atoms with Crippen LogP contribution in [0.1, 0.15) is 19.4 Å². The monoisotopic (exact) mass is 374 g/mol. The summed E-state index contributed by atoms with van der Waals surface area (Å²) in [4.78, 5) is 19.3. The SMILES string of the molecule is Cc1ccccc1N1CCN(C(=O)NC[C@@H]2CN(CC(C)C)CCO2)CC1. The number of piperazine rings is 1. The minimum Gasteiger partial charge on any atom is -0.374 e. The molecule has 2 fully saturated rings. The molecule has 3 rings (SSSR count). The maximum atomic E-state index is 12.5. The van der Waals surface area contributed by atoms with Gasteiger partial charge in [-0.1, -0.05) is 32.0 Å². The molecule has 2 saturated heterocycles. The van der Waals surface area contributed by atoms with E-state index in [2.05, 4.69) is 60.2 Å². The second-order valence-electron chi connectivity index (χ2n) is 8.09. The molecule has 1 N–H and O–H groups in total. The van der Waals surface area contributed by atoms with Gasteiger partial charge < -0.3 is 19.9 Å². The highest BCUT2D eigenvalue weighted by atomic mass is 16.5. The minimum atomic E-state index is 0.0315. The van der Waals surface area contributed by atoms with Crippen LogP contribution in [0.25, 0.3) is 0 Å². The van der Waals surface area contributed by atoms with E-state index in [1.165, 1.54) is 11.3 Å². The maximum absolute atomic E-state index is 12.5. The van der Waals surface area contributed by atoms with Crippen molar-refractivity contribution < 1.29 is 9.53 Å². The number of carbonyl (C=O) groups is 1. The molecule has 6 heteroatoms. The number of anilines is 1. The molecule has 1 aromatic rings. The van der Waals surface area contributed by atoms with Gasteiger partial charge in [-0.15, -0.1) is 0 Å². The summed E-state index contributed by atoms with van der Waals surface area (Å²) in [6.45, 7) is 14.2. The fourth-order valence-corrected chi connectivity index (χ4v) is 3.97. The predicted octanol–water partition coefficient (Wildman–Crippen LogP) is 2.18. The number of para-hydroxylation sites is 1. The quantitative estimate of drug-likeness (QED) is 0.858. The minimum absolute atomic E-state index is 0.0315. The van der Waals surface area contributed by atoms with Crippen LogP contribution < -0.4 is 10.2 Å². The van der Waals surface area contributed by atoms with Crippen molar-refractivity contribution in [2.24, 2.45) is 5.92 Å². The lowest BCUT2D eigenvalue weighted by Gasteiger charge is -2.37. The van der Waals surface area contributed by atoms with Crippen molar-refractivity contribution in [3.8, 4) is 0 Å². The van der Waals surface area contributed by atoms with Gasteiger partial charge in [-0.05, 0) is 24.5 Å². The number of aryl methyl sites for hydroxylation is 1. The number of rotatable bonds is 5. The van der Waals surface area contributed by atoms with Gasteiger partial charge in [-0.2, -0.15) is 0 Å². The Morgan fingerprint density at radius 2 is 1.93 bits per heavy atom. The molecule has 27 heavy (non-hydrogen) atoms. The summed E-state index contributed by atoms with van der Waals surface area (Å²) in [6.07, 6.45) is 0.0923. The Bertz CT molecular complexity index is 614. The van der Waals surface area contributed by atoms with E-state index in [1.807, 2.05) is 4.90 Å². The van der Waals surface area contributed by atoms with Gasteiger partial charge in [0.2, 0.25) is 0 Å². The number of hydrogen-bond donors (Lipinski definition) is 1. The van der Waals surface area contributed by atoms with Gasteiger partial charge in [0.15, 0.2) is 0 Å². The summed E-state index contributed by atoms with van der Waals surface area (Å²) in [7, 11) is 0. The van der Waals surface area contributed by atoms with Crippen molar-refractivity contribution in [3.05, 3.63) is 29.8 Å². The lowest BCUT2D eigenvalue weighted by molar-refractivity contribution is -0.0294. The largest absolute Gasteiger partial charge is 0.374 e. The van der Waals surface area contributed by atoms with Crippen LogP contribution in [0.4, 0.5) is 10.5 Å². The van der Waals surface area contributed by atoms with Crippen LogP contribution in [-0.4, -0.2) is 80.9 Å². The van der Waals surface area contributed by atoms with Gasteiger partial charge in [-0.25, -0.2) is 4.79 Å². The molecule has 0 aliphatic carbocycles. The van der Waals surface area contributed by atoms with E-state index < -0.39 is 0 Å². The normalized spacial score (nSPS) is 21.6. The first-order valence-electron chi connectivity index (χ1n) is 10.2. The summed E-state index contributed by atoms with van der Waals surface area (Å²) in [5.74, 6) is 0.655. The van der Waals surface area contributed by atoms with E-state index >= 15 is 0 Å². The van der Waals surface area contributed by atoms with Crippen LogP contribution in [0.3, 0.4) is 0 Å². The maximum Gasteiger partial charge on any atom is 0.317 e. The Morgan fingerprint density at radius 1 is 1.19 bits per heavy atom. The van der Waals surface area contributed by atoms with Crippen LogP contribution in [0.2, 0.25) is 0 Å². The average molecular weight is 375 g/mol. The first-order valence-corrected chi connectivity index (χ1v) is 10.2. The molecular weight excluding hydrogens is 340 g/mol. The Morgan fingerprint density at radius 3 is 2.63 bits per heavy atom. The number of morpholine rings is 1. The highest BCUT2D eigenvalue weighted by molar-refractivity contribution is 5.74. The van der Waals surface area contributed by atoms with Crippen LogP contribution >= 0.6 is 0 Å². The zero-order chi connectivity index (χ0) is 19.2. The van der Waals surface area contributed by atoms with E-state index in [9.17, 15) is 4.79 Å². The van der Waals surface area contributed by atoms with Crippen LogP contribution in [0, 0.1) is 12.8 Å². The van der Waals surface area contributed by atoms with Gasteiger partial charge in [-0.3, -0.25) is 4.90 Å². The zero-order valence-electron chi connectivity index (χ0n) is 17.0. The average Bonchev–Trinajstić information content (AvgIpc) is 2.66. The first-order chi connectivity index (χ1) is 13.0. The molecule has 6 nitrogen and oxygen atoms in total. The number of ether oxygens (including phenoxy) is 1. The first kappa shape index (κ1) is 20.0. The van der Waals surface area contributed by atoms with E-state index in [0.717, 1.165) is 52.4 Å². The van der Waals surface area contributed by atoms with Gasteiger partial charge in [0.25, 0.3) is 0 Å². The Labute approximate surface area is 163 Å². The highest BCUT2D eigenvalue weighted by Gasteiger charge is 2.25. The van der Waals surface area contributed by atoms with Crippen molar-refractivity contribution in [2.75, 3.05) is 63.9 Å². The molecule has 2 amide bonds. The number of urea groups is 1. The van der Waals surface area contributed by atoms with Crippen molar-refractivity contribution in [2.45, 2.75) is 26.9 Å². The second-order valence-corrected chi connectivity index (χ2v) is 8.09. The topological polar surface area (TPSA) is 48.0 Å². The van der Waals surface area contributed by atoms with Crippen LogP contribution in [0.5, 0.6) is 0 Å². The molecule has 2 aliphatic rings. The second kappa shape index (κ2) is 9.42. The molecule has 0 bridgehead atoms. The Hall–Kier alpha value is -1.79.